The first-order valence-electron chi connectivity index (χ1n) is 6.49. The lowest BCUT2D eigenvalue weighted by Gasteiger charge is -2.26. The van der Waals surface area contributed by atoms with Gasteiger partial charge in [-0.05, 0) is 39.0 Å². The maximum Gasteiger partial charge on any atom is 0.309 e. The Labute approximate surface area is 108 Å². The molecule has 3 N–H and O–H groups in total. The summed E-state index contributed by atoms with van der Waals surface area (Å²) < 4.78 is 0. The van der Waals surface area contributed by atoms with E-state index in [9.17, 15) is 14.7 Å². The van der Waals surface area contributed by atoms with Crippen LogP contribution < -0.4 is 5.32 Å². The molecule has 0 aromatic rings. The number of aliphatic carboxylic acids is 1. The molecular weight excluding hydrogens is 234 g/mol. The predicted octanol–water partition coefficient (Wildman–Crippen LogP) is 1.15. The molecule has 5 heteroatoms. The number of aliphatic hydroxyl groups excluding tert-OH is 1. The number of aliphatic hydroxyl groups is 1. The lowest BCUT2D eigenvalue weighted by atomic mass is 9.86. The second-order valence-corrected chi connectivity index (χ2v) is 5.86. The minimum atomic E-state index is -1.03. The quantitative estimate of drug-likeness (QED) is 0.689. The lowest BCUT2D eigenvalue weighted by Crippen LogP contribution is -2.37. The van der Waals surface area contributed by atoms with E-state index in [1.807, 2.05) is 0 Å². The summed E-state index contributed by atoms with van der Waals surface area (Å²) in [6.45, 7) is 3.62. The third-order valence-electron chi connectivity index (χ3n) is 3.52. The first kappa shape index (κ1) is 15.0. The predicted molar refractivity (Wildman–Crippen MR) is 67.0 cm³/mol. The Bertz CT molecular complexity index is 314. The zero-order chi connectivity index (χ0) is 13.8. The molecule has 1 amide bonds. The summed E-state index contributed by atoms with van der Waals surface area (Å²) in [4.78, 5) is 22.5. The maximum absolute atomic E-state index is 11.7. The smallest absolute Gasteiger partial charge is 0.309 e. The Morgan fingerprint density at radius 2 is 2.00 bits per heavy atom. The Hall–Kier alpha value is -1.10. The van der Waals surface area contributed by atoms with E-state index < -0.39 is 11.4 Å². The molecule has 0 bridgehead atoms. The van der Waals surface area contributed by atoms with Gasteiger partial charge in [0.05, 0.1) is 11.5 Å². The van der Waals surface area contributed by atoms with E-state index in [1.54, 1.807) is 13.8 Å². The van der Waals surface area contributed by atoms with Crippen molar-refractivity contribution in [2.45, 2.75) is 52.1 Å². The Morgan fingerprint density at radius 3 is 2.56 bits per heavy atom. The van der Waals surface area contributed by atoms with E-state index in [2.05, 4.69) is 5.32 Å². The van der Waals surface area contributed by atoms with Crippen molar-refractivity contribution in [1.29, 1.82) is 0 Å². The van der Waals surface area contributed by atoms with Gasteiger partial charge in [-0.1, -0.05) is 6.42 Å². The van der Waals surface area contributed by atoms with Gasteiger partial charge in [-0.25, -0.2) is 0 Å². The van der Waals surface area contributed by atoms with Crippen LogP contribution in [0.3, 0.4) is 0 Å². The number of hydrogen-bond donors (Lipinski definition) is 3. The van der Waals surface area contributed by atoms with Crippen molar-refractivity contribution in [1.82, 2.24) is 5.32 Å². The first-order chi connectivity index (χ1) is 8.31. The van der Waals surface area contributed by atoms with Gasteiger partial charge in [0.1, 0.15) is 0 Å². The van der Waals surface area contributed by atoms with Gasteiger partial charge in [0, 0.05) is 13.0 Å². The molecule has 1 aliphatic rings. The van der Waals surface area contributed by atoms with Gasteiger partial charge in [-0.2, -0.15) is 0 Å². The Kier molecular flexibility index (Phi) is 5.14. The van der Waals surface area contributed by atoms with Gasteiger partial charge in [0.2, 0.25) is 5.91 Å². The van der Waals surface area contributed by atoms with Crippen molar-refractivity contribution in [3.63, 3.8) is 0 Å². The molecule has 2 unspecified atom stereocenters. The van der Waals surface area contributed by atoms with Crippen LogP contribution in [0, 0.1) is 11.3 Å². The molecule has 0 aliphatic heterocycles. The minimum Gasteiger partial charge on any atom is -0.481 e. The molecule has 0 saturated heterocycles. The zero-order valence-electron chi connectivity index (χ0n) is 11.1. The number of hydrogen-bond acceptors (Lipinski definition) is 3. The van der Waals surface area contributed by atoms with E-state index >= 15 is 0 Å². The number of carboxylic acid groups (broad SMARTS) is 1. The van der Waals surface area contributed by atoms with E-state index in [0.29, 0.717) is 12.5 Å². The van der Waals surface area contributed by atoms with Crippen LogP contribution in [-0.4, -0.2) is 34.7 Å². The normalized spacial score (nSPS) is 24.6. The van der Waals surface area contributed by atoms with Gasteiger partial charge in [-0.3, -0.25) is 9.59 Å². The summed E-state index contributed by atoms with van der Waals surface area (Å²) >= 11 is 0. The number of nitrogens with one attached hydrogen (secondary N) is 1. The van der Waals surface area contributed by atoms with Crippen molar-refractivity contribution in [3.05, 3.63) is 0 Å². The highest BCUT2D eigenvalue weighted by molar-refractivity contribution is 5.84. The second kappa shape index (κ2) is 6.18. The van der Waals surface area contributed by atoms with Crippen LogP contribution in [0.5, 0.6) is 0 Å². The molecule has 0 radical (unpaired) electrons. The van der Waals surface area contributed by atoms with E-state index in [1.165, 1.54) is 0 Å². The standard InChI is InChI=1S/C13H23NO4/c1-13(2,12(17)18)7-11(16)14-8-9-4-3-5-10(15)6-9/h9-10,15H,3-8H2,1-2H3,(H,14,16)(H,17,18). The first-order valence-corrected chi connectivity index (χ1v) is 6.49. The van der Waals surface area contributed by atoms with Crippen LogP contribution in [0.4, 0.5) is 0 Å². The Morgan fingerprint density at radius 1 is 1.33 bits per heavy atom. The summed E-state index contributed by atoms with van der Waals surface area (Å²) in [5, 5.41) is 21.2. The largest absolute Gasteiger partial charge is 0.481 e. The molecule has 0 heterocycles. The fraction of sp³-hybridized carbons (Fsp3) is 0.846. The molecule has 1 aliphatic carbocycles. The van der Waals surface area contributed by atoms with Crippen molar-refractivity contribution in [2.24, 2.45) is 11.3 Å². The SMILES string of the molecule is CC(C)(CC(=O)NCC1CCCC(O)C1)C(=O)O. The summed E-state index contributed by atoms with van der Waals surface area (Å²) in [6.07, 6.45) is 3.30. The highest BCUT2D eigenvalue weighted by atomic mass is 16.4. The molecule has 1 fully saturated rings. The molecule has 1 rings (SSSR count). The second-order valence-electron chi connectivity index (χ2n) is 5.86. The fourth-order valence-electron chi connectivity index (χ4n) is 2.25. The molecule has 1 saturated carbocycles. The summed E-state index contributed by atoms with van der Waals surface area (Å²) in [5.74, 6) is -0.890. The van der Waals surface area contributed by atoms with Crippen LogP contribution in [0.15, 0.2) is 0 Å². The van der Waals surface area contributed by atoms with Crippen LogP contribution in [-0.2, 0) is 9.59 Å². The van der Waals surface area contributed by atoms with Crippen molar-refractivity contribution in [3.8, 4) is 0 Å². The van der Waals surface area contributed by atoms with Crippen molar-refractivity contribution >= 4 is 11.9 Å². The Balaban J connectivity index is 2.31. The molecule has 0 aromatic heterocycles. The van der Waals surface area contributed by atoms with Crippen molar-refractivity contribution in [2.75, 3.05) is 6.54 Å². The van der Waals surface area contributed by atoms with Crippen LogP contribution >= 0.6 is 0 Å². The van der Waals surface area contributed by atoms with Gasteiger partial charge < -0.3 is 15.5 Å². The molecule has 18 heavy (non-hydrogen) atoms. The number of rotatable bonds is 5. The van der Waals surface area contributed by atoms with Gasteiger partial charge in [0.25, 0.3) is 0 Å². The van der Waals surface area contributed by atoms with Gasteiger partial charge in [-0.15, -0.1) is 0 Å². The highest BCUT2D eigenvalue weighted by Gasteiger charge is 2.30. The number of amides is 1. The third kappa shape index (κ3) is 4.64. The van der Waals surface area contributed by atoms with Gasteiger partial charge >= 0.3 is 5.97 Å². The molecular formula is C13H23NO4. The number of carbonyl (C=O) groups excluding carboxylic acids is 1. The zero-order valence-corrected chi connectivity index (χ0v) is 11.1. The maximum atomic E-state index is 11.7. The van der Waals surface area contributed by atoms with Crippen LogP contribution in [0.2, 0.25) is 0 Å². The summed E-state index contributed by atoms with van der Waals surface area (Å²) in [5.41, 5.74) is -1.03. The van der Waals surface area contributed by atoms with Crippen LogP contribution in [0.25, 0.3) is 0 Å². The van der Waals surface area contributed by atoms with E-state index in [-0.39, 0.29) is 18.4 Å². The number of carboxylic acids is 1. The van der Waals surface area contributed by atoms with Crippen molar-refractivity contribution < 1.29 is 19.8 Å². The average Bonchev–Trinajstić information content (AvgIpc) is 2.25. The monoisotopic (exact) mass is 257 g/mol. The molecule has 0 aromatic carbocycles. The third-order valence-corrected chi connectivity index (χ3v) is 3.52. The lowest BCUT2D eigenvalue weighted by molar-refractivity contribution is -0.149. The molecule has 0 spiro atoms. The summed E-state index contributed by atoms with van der Waals surface area (Å²) in [6, 6.07) is 0. The summed E-state index contributed by atoms with van der Waals surface area (Å²) in [7, 11) is 0. The van der Waals surface area contributed by atoms with Crippen LogP contribution in [0.1, 0.15) is 46.0 Å². The fourth-order valence-corrected chi connectivity index (χ4v) is 2.25. The highest BCUT2D eigenvalue weighted by Crippen LogP contribution is 2.24. The number of carbonyl (C=O) groups is 2. The minimum absolute atomic E-state index is 0.0163. The van der Waals surface area contributed by atoms with E-state index in [0.717, 1.165) is 25.7 Å². The van der Waals surface area contributed by atoms with E-state index in [4.69, 9.17) is 5.11 Å². The molecule has 104 valence electrons. The van der Waals surface area contributed by atoms with Gasteiger partial charge in [0.15, 0.2) is 0 Å². The molecule has 2 atom stereocenters. The average molecular weight is 257 g/mol. The molecule has 5 nitrogen and oxygen atoms in total. The topological polar surface area (TPSA) is 86.6 Å².